The first-order valence-electron chi connectivity index (χ1n) is 8.26. The number of carbonyl (C=O) groups is 2. The number of unbranched alkanes of at least 4 members (excludes halogenated alkanes) is 5. The highest BCUT2D eigenvalue weighted by atomic mass is 16.5. The standard InChI is InChI=1S/C17H28O4/c1-3-5-6-7-8-9-11-13-12-15(19)16(17(20)21-13)14(18)10-4-2/h13,18H,3-12H2,1-2H3/b16-14+/t13-/m1/s1. The van der Waals surface area contributed by atoms with Crippen LogP contribution >= 0.6 is 0 Å². The molecule has 120 valence electrons. The van der Waals surface area contributed by atoms with Gasteiger partial charge in [0.15, 0.2) is 5.78 Å². The highest BCUT2D eigenvalue weighted by Crippen LogP contribution is 2.24. The second-order valence-corrected chi connectivity index (χ2v) is 5.78. The first-order valence-corrected chi connectivity index (χ1v) is 8.26. The van der Waals surface area contributed by atoms with Gasteiger partial charge in [0.2, 0.25) is 0 Å². The number of hydrogen-bond donors (Lipinski definition) is 1. The van der Waals surface area contributed by atoms with Gasteiger partial charge in [-0.25, -0.2) is 4.79 Å². The molecule has 0 aromatic carbocycles. The van der Waals surface area contributed by atoms with Crippen LogP contribution in [0.4, 0.5) is 0 Å². The molecule has 1 aliphatic heterocycles. The van der Waals surface area contributed by atoms with E-state index in [2.05, 4.69) is 6.92 Å². The summed E-state index contributed by atoms with van der Waals surface area (Å²) >= 11 is 0. The van der Waals surface area contributed by atoms with Crippen molar-refractivity contribution in [3.05, 3.63) is 11.3 Å². The Morgan fingerprint density at radius 2 is 1.76 bits per heavy atom. The molecule has 0 aromatic rings. The fourth-order valence-corrected chi connectivity index (χ4v) is 2.63. The van der Waals surface area contributed by atoms with Gasteiger partial charge in [-0.2, -0.15) is 0 Å². The average Bonchev–Trinajstić information content (AvgIpc) is 2.42. The van der Waals surface area contributed by atoms with Gasteiger partial charge < -0.3 is 9.84 Å². The quantitative estimate of drug-likeness (QED) is 0.227. The van der Waals surface area contributed by atoms with E-state index in [-0.39, 0.29) is 29.6 Å². The van der Waals surface area contributed by atoms with Crippen LogP contribution in [0.1, 0.15) is 78.1 Å². The number of aliphatic hydroxyl groups excluding tert-OH is 1. The summed E-state index contributed by atoms with van der Waals surface area (Å²) in [6.07, 6.45) is 8.72. The Hall–Kier alpha value is -1.32. The van der Waals surface area contributed by atoms with E-state index < -0.39 is 5.97 Å². The molecule has 1 fully saturated rings. The van der Waals surface area contributed by atoms with E-state index in [0.29, 0.717) is 12.8 Å². The maximum Gasteiger partial charge on any atom is 0.345 e. The van der Waals surface area contributed by atoms with Crippen molar-refractivity contribution in [2.75, 3.05) is 0 Å². The number of Topliss-reactive ketones (excluding diaryl/α,β-unsaturated/α-hetero) is 1. The lowest BCUT2D eigenvalue weighted by molar-refractivity contribution is -0.151. The molecule has 1 N–H and O–H groups in total. The molecule has 0 aliphatic carbocycles. The van der Waals surface area contributed by atoms with Crippen molar-refractivity contribution < 1.29 is 19.4 Å². The summed E-state index contributed by atoms with van der Waals surface area (Å²) in [5.41, 5.74) is -0.129. The fourth-order valence-electron chi connectivity index (χ4n) is 2.63. The second-order valence-electron chi connectivity index (χ2n) is 5.78. The minimum Gasteiger partial charge on any atom is -0.511 e. The van der Waals surface area contributed by atoms with Crippen molar-refractivity contribution in [2.45, 2.75) is 84.2 Å². The SMILES string of the molecule is CCCCCCCC[C@@H]1CC(=O)/C(=C(\O)CCC)C(=O)O1. The van der Waals surface area contributed by atoms with E-state index in [1.54, 1.807) is 0 Å². The molecule has 1 atom stereocenters. The fraction of sp³-hybridized carbons (Fsp3) is 0.765. The zero-order valence-corrected chi connectivity index (χ0v) is 13.3. The third kappa shape index (κ3) is 5.90. The van der Waals surface area contributed by atoms with Crippen LogP contribution in [0.2, 0.25) is 0 Å². The van der Waals surface area contributed by atoms with Crippen LogP contribution in [-0.2, 0) is 14.3 Å². The van der Waals surface area contributed by atoms with Gasteiger partial charge in [0.25, 0.3) is 0 Å². The molecule has 1 aliphatic rings. The van der Waals surface area contributed by atoms with Crippen LogP contribution in [-0.4, -0.2) is 23.0 Å². The Balaban J connectivity index is 2.38. The number of aliphatic hydroxyl groups is 1. The molecule has 1 saturated heterocycles. The summed E-state index contributed by atoms with van der Waals surface area (Å²) < 4.78 is 5.29. The summed E-state index contributed by atoms with van der Waals surface area (Å²) in [5, 5.41) is 9.76. The summed E-state index contributed by atoms with van der Waals surface area (Å²) in [4.78, 5) is 23.8. The average molecular weight is 296 g/mol. The number of ketones is 1. The van der Waals surface area contributed by atoms with Crippen LogP contribution in [0.3, 0.4) is 0 Å². The number of hydrogen-bond acceptors (Lipinski definition) is 4. The maximum absolute atomic E-state index is 12.0. The largest absolute Gasteiger partial charge is 0.511 e. The van der Waals surface area contributed by atoms with Crippen molar-refractivity contribution in [3.63, 3.8) is 0 Å². The lowest BCUT2D eigenvalue weighted by Gasteiger charge is -2.23. The predicted molar refractivity (Wildman–Crippen MR) is 82.1 cm³/mol. The third-order valence-corrected chi connectivity index (χ3v) is 3.82. The first-order chi connectivity index (χ1) is 10.1. The lowest BCUT2D eigenvalue weighted by atomic mass is 9.96. The molecule has 0 unspecified atom stereocenters. The van der Waals surface area contributed by atoms with E-state index >= 15 is 0 Å². The van der Waals surface area contributed by atoms with Crippen molar-refractivity contribution in [1.82, 2.24) is 0 Å². The molecule has 0 aromatic heterocycles. The van der Waals surface area contributed by atoms with Gasteiger partial charge in [-0.3, -0.25) is 4.79 Å². The molecule has 0 radical (unpaired) electrons. The zero-order valence-electron chi connectivity index (χ0n) is 13.3. The lowest BCUT2D eigenvalue weighted by Crippen LogP contribution is -2.33. The monoisotopic (exact) mass is 296 g/mol. The van der Waals surface area contributed by atoms with E-state index in [4.69, 9.17) is 4.74 Å². The van der Waals surface area contributed by atoms with Gasteiger partial charge in [-0.05, 0) is 19.3 Å². The number of allylic oxidation sites excluding steroid dienone is 1. The number of carbonyl (C=O) groups excluding carboxylic acids is 2. The predicted octanol–water partition coefficient (Wildman–Crippen LogP) is 4.23. The molecule has 0 saturated carbocycles. The molecule has 0 spiro atoms. The Kier molecular flexibility index (Phi) is 8.09. The molecular weight excluding hydrogens is 268 g/mol. The Labute approximate surface area is 127 Å². The van der Waals surface area contributed by atoms with E-state index in [1.807, 2.05) is 6.92 Å². The highest BCUT2D eigenvalue weighted by molar-refractivity contribution is 6.19. The summed E-state index contributed by atoms with van der Waals surface area (Å²) in [6.45, 7) is 4.07. The van der Waals surface area contributed by atoms with Gasteiger partial charge in [0.05, 0.1) is 0 Å². The molecule has 1 rings (SSSR count). The Bertz CT molecular complexity index is 364. The van der Waals surface area contributed by atoms with Crippen LogP contribution in [0.25, 0.3) is 0 Å². The normalized spacial score (nSPS) is 21.3. The van der Waals surface area contributed by atoms with E-state index in [0.717, 1.165) is 19.3 Å². The molecule has 21 heavy (non-hydrogen) atoms. The van der Waals surface area contributed by atoms with E-state index in [9.17, 15) is 14.7 Å². The van der Waals surface area contributed by atoms with Crippen molar-refractivity contribution in [3.8, 4) is 0 Å². The first kappa shape index (κ1) is 17.7. The van der Waals surface area contributed by atoms with Gasteiger partial charge in [-0.1, -0.05) is 46.0 Å². The minimum absolute atomic E-state index is 0.120. The summed E-state index contributed by atoms with van der Waals surface area (Å²) in [5.74, 6) is -1.04. The maximum atomic E-state index is 12.0. The minimum atomic E-state index is -0.645. The van der Waals surface area contributed by atoms with Crippen LogP contribution in [0.15, 0.2) is 11.3 Å². The van der Waals surface area contributed by atoms with Gasteiger partial charge in [0.1, 0.15) is 17.4 Å². The van der Waals surface area contributed by atoms with Crippen molar-refractivity contribution in [2.24, 2.45) is 0 Å². The topological polar surface area (TPSA) is 63.6 Å². The zero-order chi connectivity index (χ0) is 15.7. The summed E-state index contributed by atoms with van der Waals surface area (Å²) in [7, 11) is 0. The van der Waals surface area contributed by atoms with Gasteiger partial charge >= 0.3 is 5.97 Å². The molecule has 0 bridgehead atoms. The number of cyclic esters (lactones) is 1. The van der Waals surface area contributed by atoms with E-state index in [1.165, 1.54) is 25.7 Å². The Morgan fingerprint density at radius 1 is 1.10 bits per heavy atom. The van der Waals surface area contributed by atoms with Gasteiger partial charge in [0, 0.05) is 12.8 Å². The summed E-state index contributed by atoms with van der Waals surface area (Å²) in [6, 6.07) is 0. The smallest absolute Gasteiger partial charge is 0.345 e. The number of esters is 1. The molecule has 0 amide bonds. The Morgan fingerprint density at radius 3 is 2.38 bits per heavy atom. The number of ether oxygens (including phenoxy) is 1. The van der Waals surface area contributed by atoms with Crippen LogP contribution in [0, 0.1) is 0 Å². The molecule has 4 heteroatoms. The number of rotatable bonds is 9. The van der Waals surface area contributed by atoms with Crippen LogP contribution in [0.5, 0.6) is 0 Å². The second kappa shape index (κ2) is 9.59. The molecule has 4 nitrogen and oxygen atoms in total. The molecule has 1 heterocycles. The van der Waals surface area contributed by atoms with Gasteiger partial charge in [-0.15, -0.1) is 0 Å². The highest BCUT2D eigenvalue weighted by Gasteiger charge is 2.34. The molecular formula is C17H28O4. The van der Waals surface area contributed by atoms with Crippen molar-refractivity contribution in [1.29, 1.82) is 0 Å². The van der Waals surface area contributed by atoms with Crippen LogP contribution < -0.4 is 0 Å². The van der Waals surface area contributed by atoms with Crippen molar-refractivity contribution >= 4 is 11.8 Å². The third-order valence-electron chi connectivity index (χ3n) is 3.82.